The summed E-state index contributed by atoms with van der Waals surface area (Å²) < 4.78 is 0. The van der Waals surface area contributed by atoms with Gasteiger partial charge in [0.05, 0.1) is 16.7 Å². The van der Waals surface area contributed by atoms with Gasteiger partial charge < -0.3 is 5.32 Å². The quantitative estimate of drug-likeness (QED) is 0.854. The third kappa shape index (κ3) is 2.44. The summed E-state index contributed by atoms with van der Waals surface area (Å²) in [5, 5.41) is 6.73. The summed E-state index contributed by atoms with van der Waals surface area (Å²) in [6.45, 7) is 10.0. The third-order valence-electron chi connectivity index (χ3n) is 3.27. The van der Waals surface area contributed by atoms with E-state index >= 15 is 0 Å². The number of nitrogens with zero attached hydrogens (tertiary/aromatic N) is 2. The predicted molar refractivity (Wildman–Crippen MR) is 68.9 cm³/mol. The van der Waals surface area contributed by atoms with E-state index in [2.05, 4.69) is 41.4 Å². The third-order valence-corrected chi connectivity index (χ3v) is 4.06. The molecule has 16 heavy (non-hydrogen) atoms. The zero-order chi connectivity index (χ0) is 11.5. The van der Waals surface area contributed by atoms with Crippen LogP contribution in [-0.2, 0) is 0 Å². The molecule has 1 aliphatic heterocycles. The second kappa shape index (κ2) is 5.25. The summed E-state index contributed by atoms with van der Waals surface area (Å²) in [4.78, 5) is 7.20. The first-order valence-corrected chi connectivity index (χ1v) is 6.98. The molecule has 1 atom stereocenters. The maximum absolute atomic E-state index is 4.61. The lowest BCUT2D eigenvalue weighted by molar-refractivity contribution is 0.101. The van der Waals surface area contributed by atoms with E-state index in [4.69, 9.17) is 0 Å². The molecule has 1 saturated heterocycles. The standard InChI is InChI=1S/C12H21N3S/c1-4-5-15(11-6-13-7-11)9(2)12-8-16-10(3)14-12/h8-9,11,13H,4-7H2,1-3H3. The molecular formula is C12H21N3S. The molecule has 4 heteroatoms. The van der Waals surface area contributed by atoms with Gasteiger partial charge in [0.2, 0.25) is 0 Å². The first kappa shape index (κ1) is 12.0. The average Bonchev–Trinajstić information content (AvgIpc) is 2.60. The van der Waals surface area contributed by atoms with Crippen LogP contribution >= 0.6 is 11.3 Å². The largest absolute Gasteiger partial charge is 0.314 e. The Labute approximate surface area is 102 Å². The Bertz CT molecular complexity index is 333. The highest BCUT2D eigenvalue weighted by Crippen LogP contribution is 2.25. The van der Waals surface area contributed by atoms with Crippen molar-refractivity contribution in [2.45, 2.75) is 39.3 Å². The number of aryl methyl sites for hydroxylation is 1. The maximum atomic E-state index is 4.61. The number of hydrogen-bond donors (Lipinski definition) is 1. The van der Waals surface area contributed by atoms with Gasteiger partial charge in [-0.15, -0.1) is 11.3 Å². The Kier molecular flexibility index (Phi) is 3.95. The van der Waals surface area contributed by atoms with Crippen LogP contribution in [0.2, 0.25) is 0 Å². The van der Waals surface area contributed by atoms with Crippen molar-refractivity contribution in [3.8, 4) is 0 Å². The van der Waals surface area contributed by atoms with Crippen molar-refractivity contribution < 1.29 is 0 Å². The van der Waals surface area contributed by atoms with Crippen molar-refractivity contribution in [1.82, 2.24) is 15.2 Å². The molecule has 0 aliphatic carbocycles. The molecule has 0 saturated carbocycles. The predicted octanol–water partition coefficient (Wildman–Crippen LogP) is 2.20. The smallest absolute Gasteiger partial charge is 0.0898 e. The monoisotopic (exact) mass is 239 g/mol. The van der Waals surface area contributed by atoms with Crippen molar-refractivity contribution in [3.63, 3.8) is 0 Å². The van der Waals surface area contributed by atoms with Gasteiger partial charge in [-0.2, -0.15) is 0 Å². The maximum Gasteiger partial charge on any atom is 0.0898 e. The molecule has 1 aromatic rings. The highest BCUT2D eigenvalue weighted by atomic mass is 32.1. The zero-order valence-corrected chi connectivity index (χ0v) is 11.2. The van der Waals surface area contributed by atoms with Gasteiger partial charge in [-0.1, -0.05) is 6.92 Å². The van der Waals surface area contributed by atoms with Crippen LogP contribution in [0, 0.1) is 6.92 Å². The minimum Gasteiger partial charge on any atom is -0.314 e. The van der Waals surface area contributed by atoms with Crippen LogP contribution in [0.1, 0.15) is 37.0 Å². The summed E-state index contributed by atoms with van der Waals surface area (Å²) in [5.74, 6) is 0. The van der Waals surface area contributed by atoms with Gasteiger partial charge in [0, 0.05) is 24.5 Å². The van der Waals surface area contributed by atoms with Gasteiger partial charge in [0.15, 0.2) is 0 Å². The average molecular weight is 239 g/mol. The Morgan fingerprint density at radius 1 is 1.62 bits per heavy atom. The molecule has 0 aromatic carbocycles. The van der Waals surface area contributed by atoms with E-state index < -0.39 is 0 Å². The fourth-order valence-electron chi connectivity index (χ4n) is 2.20. The van der Waals surface area contributed by atoms with Crippen LogP contribution < -0.4 is 5.32 Å². The van der Waals surface area contributed by atoms with E-state index in [-0.39, 0.29) is 0 Å². The molecule has 2 heterocycles. The molecule has 2 rings (SSSR count). The van der Waals surface area contributed by atoms with E-state index in [1.165, 1.54) is 23.7 Å². The highest BCUT2D eigenvalue weighted by Gasteiger charge is 2.29. The topological polar surface area (TPSA) is 28.2 Å². The molecule has 3 nitrogen and oxygen atoms in total. The number of nitrogens with one attached hydrogen (secondary N) is 1. The lowest BCUT2D eigenvalue weighted by atomic mass is 10.1. The van der Waals surface area contributed by atoms with Gasteiger partial charge >= 0.3 is 0 Å². The Hall–Kier alpha value is -0.450. The molecule has 0 spiro atoms. The molecular weight excluding hydrogens is 218 g/mol. The van der Waals surface area contributed by atoms with Crippen molar-refractivity contribution in [3.05, 3.63) is 16.1 Å². The first-order valence-electron chi connectivity index (χ1n) is 6.11. The molecule has 0 radical (unpaired) electrons. The molecule has 0 bridgehead atoms. The van der Waals surface area contributed by atoms with Crippen LogP contribution in [0.15, 0.2) is 5.38 Å². The van der Waals surface area contributed by atoms with E-state index in [1.54, 1.807) is 11.3 Å². The van der Waals surface area contributed by atoms with Crippen LogP contribution in [0.25, 0.3) is 0 Å². The molecule has 90 valence electrons. The van der Waals surface area contributed by atoms with Crippen LogP contribution in [0.3, 0.4) is 0 Å². The number of rotatable bonds is 5. The fraction of sp³-hybridized carbons (Fsp3) is 0.750. The Morgan fingerprint density at radius 3 is 2.81 bits per heavy atom. The van der Waals surface area contributed by atoms with Crippen LogP contribution in [0.5, 0.6) is 0 Å². The molecule has 1 fully saturated rings. The van der Waals surface area contributed by atoms with Crippen molar-refractivity contribution in [2.24, 2.45) is 0 Å². The highest BCUT2D eigenvalue weighted by molar-refractivity contribution is 7.09. The lowest BCUT2D eigenvalue weighted by Gasteiger charge is -2.41. The number of aromatic nitrogens is 1. The van der Waals surface area contributed by atoms with E-state index in [0.29, 0.717) is 12.1 Å². The molecule has 1 unspecified atom stereocenters. The van der Waals surface area contributed by atoms with E-state index in [9.17, 15) is 0 Å². The van der Waals surface area contributed by atoms with Crippen molar-refractivity contribution in [2.75, 3.05) is 19.6 Å². The number of thiazole rings is 1. The Morgan fingerprint density at radius 2 is 2.38 bits per heavy atom. The van der Waals surface area contributed by atoms with E-state index in [1.807, 2.05) is 0 Å². The summed E-state index contributed by atoms with van der Waals surface area (Å²) >= 11 is 1.75. The van der Waals surface area contributed by atoms with Crippen molar-refractivity contribution >= 4 is 11.3 Å². The number of hydrogen-bond acceptors (Lipinski definition) is 4. The first-order chi connectivity index (χ1) is 7.72. The summed E-state index contributed by atoms with van der Waals surface area (Å²) in [7, 11) is 0. The molecule has 1 aliphatic rings. The Balaban J connectivity index is 2.06. The fourth-order valence-corrected chi connectivity index (χ4v) is 2.90. The summed E-state index contributed by atoms with van der Waals surface area (Å²) in [6, 6.07) is 1.16. The SMILES string of the molecule is CCCN(C1CNC1)C(C)c1csc(C)n1. The molecule has 1 aromatic heterocycles. The normalized spacial score (nSPS) is 18.8. The van der Waals surface area contributed by atoms with Gasteiger partial charge in [0.1, 0.15) is 0 Å². The van der Waals surface area contributed by atoms with Crippen molar-refractivity contribution in [1.29, 1.82) is 0 Å². The second-order valence-corrected chi connectivity index (χ2v) is 5.58. The zero-order valence-electron chi connectivity index (χ0n) is 10.4. The van der Waals surface area contributed by atoms with Gasteiger partial charge in [-0.25, -0.2) is 4.98 Å². The molecule has 0 amide bonds. The van der Waals surface area contributed by atoms with Gasteiger partial charge in [0.25, 0.3) is 0 Å². The minimum atomic E-state index is 0.456. The van der Waals surface area contributed by atoms with Gasteiger partial charge in [-0.05, 0) is 26.8 Å². The van der Waals surface area contributed by atoms with E-state index in [0.717, 1.165) is 13.1 Å². The van der Waals surface area contributed by atoms with Crippen LogP contribution in [0.4, 0.5) is 0 Å². The minimum absolute atomic E-state index is 0.456. The summed E-state index contributed by atoms with van der Waals surface area (Å²) in [6.07, 6.45) is 1.21. The second-order valence-electron chi connectivity index (χ2n) is 4.52. The molecule has 1 N–H and O–H groups in total. The lowest BCUT2D eigenvalue weighted by Crippen LogP contribution is -2.57. The summed E-state index contributed by atoms with van der Waals surface area (Å²) in [5.41, 5.74) is 1.24. The van der Waals surface area contributed by atoms with Crippen LogP contribution in [-0.4, -0.2) is 35.6 Å². The van der Waals surface area contributed by atoms with Gasteiger partial charge in [-0.3, -0.25) is 4.90 Å².